The molecule has 0 bridgehead atoms. The first-order valence-electron chi connectivity index (χ1n) is 5.85. The molecule has 0 radical (unpaired) electrons. The van der Waals surface area contributed by atoms with Crippen molar-refractivity contribution in [2.75, 3.05) is 0 Å². The molecule has 1 amide bonds. The Hall–Kier alpha value is -2.01. The van der Waals surface area contributed by atoms with Crippen LogP contribution in [0.3, 0.4) is 0 Å². The minimum atomic E-state index is -0.956. The number of pyridine rings is 1. The maximum atomic E-state index is 13.1. The second-order valence-corrected chi connectivity index (χ2v) is 4.57. The normalized spacial score (nSPS) is 12.0. The molecule has 3 nitrogen and oxygen atoms in total. The molecule has 0 fully saturated rings. The largest absolute Gasteiger partial charge is 0.345 e. The van der Waals surface area contributed by atoms with Gasteiger partial charge in [0.05, 0.1) is 11.6 Å². The number of halogens is 3. The van der Waals surface area contributed by atoms with Crippen molar-refractivity contribution in [3.63, 3.8) is 0 Å². The van der Waals surface area contributed by atoms with Crippen LogP contribution < -0.4 is 5.32 Å². The van der Waals surface area contributed by atoms with E-state index in [1.165, 1.54) is 18.3 Å². The Morgan fingerprint density at radius 3 is 2.70 bits per heavy atom. The molecular formula is C14H11ClF2N2O. The first-order chi connectivity index (χ1) is 9.49. The standard InChI is InChI=1S/C14H11ClF2N2O/c1-8(9-4-5-11(16)12(17)7-9)19-14(20)10-3-2-6-18-13(10)15/h2-8H,1H3,(H,19,20). The highest BCUT2D eigenvalue weighted by molar-refractivity contribution is 6.32. The van der Waals surface area contributed by atoms with Gasteiger partial charge in [0.1, 0.15) is 5.15 Å². The van der Waals surface area contributed by atoms with Gasteiger partial charge in [0.15, 0.2) is 11.6 Å². The summed E-state index contributed by atoms with van der Waals surface area (Å²) in [6, 6.07) is 6.10. The Bertz CT molecular complexity index is 649. The number of carbonyl (C=O) groups is 1. The van der Waals surface area contributed by atoms with Crippen molar-refractivity contribution in [1.82, 2.24) is 10.3 Å². The molecule has 2 aromatic rings. The monoisotopic (exact) mass is 296 g/mol. The first-order valence-corrected chi connectivity index (χ1v) is 6.23. The van der Waals surface area contributed by atoms with Crippen LogP contribution in [0.5, 0.6) is 0 Å². The van der Waals surface area contributed by atoms with Gasteiger partial charge in [0.25, 0.3) is 5.91 Å². The summed E-state index contributed by atoms with van der Waals surface area (Å²) in [5, 5.41) is 2.73. The van der Waals surface area contributed by atoms with Crippen molar-refractivity contribution >= 4 is 17.5 Å². The number of nitrogens with one attached hydrogen (secondary N) is 1. The molecule has 1 aromatic carbocycles. The van der Waals surface area contributed by atoms with Crippen molar-refractivity contribution in [3.8, 4) is 0 Å². The number of hydrogen-bond acceptors (Lipinski definition) is 2. The quantitative estimate of drug-likeness (QED) is 0.881. The van der Waals surface area contributed by atoms with Gasteiger partial charge in [0, 0.05) is 6.20 Å². The predicted octanol–water partition coefficient (Wildman–Crippen LogP) is 3.50. The Morgan fingerprint density at radius 2 is 2.05 bits per heavy atom. The molecule has 6 heteroatoms. The van der Waals surface area contributed by atoms with Gasteiger partial charge < -0.3 is 5.32 Å². The van der Waals surface area contributed by atoms with E-state index in [0.29, 0.717) is 5.56 Å². The van der Waals surface area contributed by atoms with E-state index in [1.807, 2.05) is 0 Å². The summed E-state index contributed by atoms with van der Waals surface area (Å²) in [6.07, 6.45) is 1.47. The van der Waals surface area contributed by atoms with Gasteiger partial charge in [0.2, 0.25) is 0 Å². The summed E-state index contributed by atoms with van der Waals surface area (Å²) < 4.78 is 26.0. The lowest BCUT2D eigenvalue weighted by Crippen LogP contribution is -2.27. The molecule has 1 aromatic heterocycles. The zero-order valence-corrected chi connectivity index (χ0v) is 11.3. The van der Waals surface area contributed by atoms with E-state index in [-0.39, 0.29) is 10.7 Å². The van der Waals surface area contributed by atoms with Crippen LogP contribution in [0.4, 0.5) is 8.78 Å². The first kappa shape index (κ1) is 14.4. The Kier molecular flexibility index (Phi) is 4.29. The van der Waals surface area contributed by atoms with E-state index in [2.05, 4.69) is 10.3 Å². The van der Waals surface area contributed by atoms with Crippen molar-refractivity contribution in [2.24, 2.45) is 0 Å². The SMILES string of the molecule is CC(NC(=O)c1cccnc1Cl)c1ccc(F)c(F)c1. The minimum absolute atomic E-state index is 0.0856. The fraction of sp³-hybridized carbons (Fsp3) is 0.143. The lowest BCUT2D eigenvalue weighted by molar-refractivity contribution is 0.0939. The number of carbonyl (C=O) groups excluding carboxylic acids is 1. The molecule has 2 rings (SSSR count). The number of amides is 1. The molecule has 104 valence electrons. The van der Waals surface area contributed by atoms with E-state index in [1.54, 1.807) is 13.0 Å². The Morgan fingerprint density at radius 1 is 1.30 bits per heavy atom. The lowest BCUT2D eigenvalue weighted by atomic mass is 10.1. The fourth-order valence-electron chi connectivity index (χ4n) is 1.69. The van der Waals surface area contributed by atoms with E-state index < -0.39 is 23.6 Å². The van der Waals surface area contributed by atoms with Crippen LogP contribution >= 0.6 is 11.6 Å². The van der Waals surface area contributed by atoms with E-state index in [0.717, 1.165) is 12.1 Å². The molecule has 1 unspecified atom stereocenters. The van der Waals surface area contributed by atoms with Crippen molar-refractivity contribution < 1.29 is 13.6 Å². The highest BCUT2D eigenvalue weighted by Gasteiger charge is 2.15. The van der Waals surface area contributed by atoms with Gasteiger partial charge in [-0.15, -0.1) is 0 Å². The molecule has 1 atom stereocenters. The molecule has 0 aliphatic carbocycles. The van der Waals surface area contributed by atoms with Crippen LogP contribution in [-0.2, 0) is 0 Å². The minimum Gasteiger partial charge on any atom is -0.345 e. The van der Waals surface area contributed by atoms with Gasteiger partial charge in [-0.1, -0.05) is 17.7 Å². The maximum absolute atomic E-state index is 13.1. The molecule has 0 saturated carbocycles. The van der Waals surface area contributed by atoms with E-state index >= 15 is 0 Å². The average Bonchev–Trinajstić information content (AvgIpc) is 2.42. The van der Waals surface area contributed by atoms with Crippen LogP contribution in [0, 0.1) is 11.6 Å². The van der Waals surface area contributed by atoms with Crippen LogP contribution in [0.15, 0.2) is 36.5 Å². The number of nitrogens with zero attached hydrogens (tertiary/aromatic N) is 1. The van der Waals surface area contributed by atoms with Crippen LogP contribution in [0.25, 0.3) is 0 Å². The van der Waals surface area contributed by atoms with Crippen molar-refractivity contribution in [3.05, 3.63) is 64.4 Å². The zero-order valence-electron chi connectivity index (χ0n) is 10.5. The lowest BCUT2D eigenvalue weighted by Gasteiger charge is -2.15. The summed E-state index contributed by atoms with van der Waals surface area (Å²) in [7, 11) is 0. The van der Waals surface area contributed by atoms with Crippen LogP contribution in [-0.4, -0.2) is 10.9 Å². The summed E-state index contributed by atoms with van der Waals surface area (Å²) in [6.45, 7) is 1.66. The van der Waals surface area contributed by atoms with E-state index in [9.17, 15) is 13.6 Å². The molecule has 1 N–H and O–H groups in total. The second kappa shape index (κ2) is 5.96. The molecule has 20 heavy (non-hydrogen) atoms. The van der Waals surface area contributed by atoms with Gasteiger partial charge in [-0.3, -0.25) is 4.79 Å². The van der Waals surface area contributed by atoms with Crippen LogP contribution in [0.2, 0.25) is 5.15 Å². The number of hydrogen-bond donors (Lipinski definition) is 1. The van der Waals surface area contributed by atoms with Gasteiger partial charge >= 0.3 is 0 Å². The average molecular weight is 297 g/mol. The van der Waals surface area contributed by atoms with Crippen molar-refractivity contribution in [2.45, 2.75) is 13.0 Å². The smallest absolute Gasteiger partial charge is 0.254 e. The maximum Gasteiger partial charge on any atom is 0.254 e. The van der Waals surface area contributed by atoms with Gasteiger partial charge in [-0.25, -0.2) is 13.8 Å². The van der Waals surface area contributed by atoms with Gasteiger partial charge in [-0.2, -0.15) is 0 Å². The number of aromatic nitrogens is 1. The molecular weight excluding hydrogens is 286 g/mol. The Labute approximate surface area is 119 Å². The summed E-state index contributed by atoms with van der Waals surface area (Å²) in [5.41, 5.74) is 0.681. The third-order valence-corrected chi connectivity index (χ3v) is 3.10. The highest BCUT2D eigenvalue weighted by atomic mass is 35.5. The zero-order chi connectivity index (χ0) is 14.7. The number of rotatable bonds is 3. The molecule has 0 saturated heterocycles. The third-order valence-electron chi connectivity index (χ3n) is 2.79. The number of benzene rings is 1. The molecule has 0 aliphatic rings. The summed E-state index contributed by atoms with van der Waals surface area (Å²) in [5.74, 6) is -2.31. The van der Waals surface area contributed by atoms with Crippen molar-refractivity contribution in [1.29, 1.82) is 0 Å². The predicted molar refractivity (Wildman–Crippen MR) is 71.5 cm³/mol. The van der Waals surface area contributed by atoms with Gasteiger partial charge in [-0.05, 0) is 36.8 Å². The molecule has 0 aliphatic heterocycles. The second-order valence-electron chi connectivity index (χ2n) is 4.21. The highest BCUT2D eigenvalue weighted by Crippen LogP contribution is 2.18. The third kappa shape index (κ3) is 3.11. The molecule has 1 heterocycles. The van der Waals surface area contributed by atoms with E-state index in [4.69, 9.17) is 11.6 Å². The fourth-order valence-corrected chi connectivity index (χ4v) is 1.90. The Balaban J connectivity index is 2.15. The molecule has 0 spiro atoms. The van der Waals surface area contributed by atoms with Crippen LogP contribution in [0.1, 0.15) is 28.9 Å². The summed E-state index contributed by atoms with van der Waals surface area (Å²) in [4.78, 5) is 15.8. The summed E-state index contributed by atoms with van der Waals surface area (Å²) >= 11 is 5.81. The topological polar surface area (TPSA) is 42.0 Å².